The molecule has 1 atom stereocenters. The summed E-state index contributed by atoms with van der Waals surface area (Å²) in [6.45, 7) is 5.90. The SMILES string of the molecule is CC(C(=O)Nc1cccc(Cl)c1Cl)N(C)CC(=O)N1CCN(Cc2ccccc2)CC1. The number of benzene rings is 2. The molecule has 8 heteroatoms. The summed E-state index contributed by atoms with van der Waals surface area (Å²) in [7, 11) is 1.77. The molecule has 1 fully saturated rings. The average molecular weight is 463 g/mol. The Morgan fingerprint density at radius 3 is 2.39 bits per heavy atom. The van der Waals surface area contributed by atoms with Crippen LogP contribution in [0.1, 0.15) is 12.5 Å². The third-order valence-corrected chi connectivity index (χ3v) is 6.43. The Labute approximate surface area is 193 Å². The van der Waals surface area contributed by atoms with Gasteiger partial charge < -0.3 is 10.2 Å². The van der Waals surface area contributed by atoms with Crippen molar-refractivity contribution in [3.8, 4) is 0 Å². The molecule has 6 nitrogen and oxygen atoms in total. The molecule has 1 heterocycles. The maximum absolute atomic E-state index is 12.8. The van der Waals surface area contributed by atoms with Crippen LogP contribution in [0.5, 0.6) is 0 Å². The molecule has 2 aromatic carbocycles. The van der Waals surface area contributed by atoms with E-state index in [-0.39, 0.29) is 18.4 Å². The molecule has 2 amide bonds. The van der Waals surface area contributed by atoms with Crippen LogP contribution in [-0.4, -0.2) is 72.3 Å². The highest BCUT2D eigenvalue weighted by Gasteiger charge is 2.25. The number of carbonyl (C=O) groups excluding carboxylic acids is 2. The van der Waals surface area contributed by atoms with E-state index in [9.17, 15) is 9.59 Å². The molecule has 0 aromatic heterocycles. The van der Waals surface area contributed by atoms with Gasteiger partial charge in [0.15, 0.2) is 0 Å². The van der Waals surface area contributed by atoms with Crippen molar-refractivity contribution in [3.63, 3.8) is 0 Å². The minimum Gasteiger partial charge on any atom is -0.339 e. The number of hydrogen-bond acceptors (Lipinski definition) is 4. The van der Waals surface area contributed by atoms with Gasteiger partial charge in [-0.1, -0.05) is 59.6 Å². The van der Waals surface area contributed by atoms with E-state index in [1.54, 1.807) is 37.1 Å². The van der Waals surface area contributed by atoms with Gasteiger partial charge in [-0.25, -0.2) is 0 Å². The first-order chi connectivity index (χ1) is 14.8. The lowest BCUT2D eigenvalue weighted by Crippen LogP contribution is -2.52. The quantitative estimate of drug-likeness (QED) is 0.682. The van der Waals surface area contributed by atoms with E-state index in [2.05, 4.69) is 22.3 Å². The van der Waals surface area contributed by atoms with Gasteiger partial charge in [0.2, 0.25) is 11.8 Å². The second-order valence-corrected chi connectivity index (χ2v) is 8.61. The third-order valence-electron chi connectivity index (χ3n) is 5.61. The van der Waals surface area contributed by atoms with Crippen LogP contribution in [0, 0.1) is 0 Å². The summed E-state index contributed by atoms with van der Waals surface area (Å²) in [4.78, 5) is 31.3. The molecular formula is C23H28Cl2N4O2. The van der Waals surface area contributed by atoms with Crippen molar-refractivity contribution in [2.75, 3.05) is 45.1 Å². The van der Waals surface area contributed by atoms with Gasteiger partial charge in [0, 0.05) is 32.7 Å². The number of halogens is 2. The Kier molecular flexibility index (Phi) is 8.32. The maximum Gasteiger partial charge on any atom is 0.241 e. The zero-order valence-electron chi connectivity index (χ0n) is 17.9. The van der Waals surface area contributed by atoms with Gasteiger partial charge in [0.05, 0.1) is 28.3 Å². The minimum atomic E-state index is -0.502. The molecule has 31 heavy (non-hydrogen) atoms. The third kappa shape index (κ3) is 6.43. The lowest BCUT2D eigenvalue weighted by atomic mass is 10.2. The highest BCUT2D eigenvalue weighted by molar-refractivity contribution is 6.44. The normalized spacial score (nSPS) is 15.7. The van der Waals surface area contributed by atoms with Crippen LogP contribution in [0.4, 0.5) is 5.69 Å². The zero-order valence-corrected chi connectivity index (χ0v) is 19.4. The fourth-order valence-electron chi connectivity index (χ4n) is 3.48. The molecule has 166 valence electrons. The number of amides is 2. The first kappa shape index (κ1) is 23.5. The number of rotatable bonds is 7. The Hall–Kier alpha value is -2.12. The molecule has 1 saturated heterocycles. The van der Waals surface area contributed by atoms with Crippen LogP contribution < -0.4 is 5.32 Å². The van der Waals surface area contributed by atoms with E-state index in [0.717, 1.165) is 19.6 Å². The van der Waals surface area contributed by atoms with Crippen LogP contribution in [0.2, 0.25) is 10.0 Å². The predicted octanol–water partition coefficient (Wildman–Crippen LogP) is 3.60. The molecule has 2 aromatic rings. The van der Waals surface area contributed by atoms with Gasteiger partial charge in [-0.15, -0.1) is 0 Å². The smallest absolute Gasteiger partial charge is 0.241 e. The number of carbonyl (C=O) groups is 2. The summed E-state index contributed by atoms with van der Waals surface area (Å²) in [5.41, 5.74) is 1.74. The van der Waals surface area contributed by atoms with Gasteiger partial charge in [-0.3, -0.25) is 19.4 Å². The van der Waals surface area contributed by atoms with Crippen molar-refractivity contribution in [2.45, 2.75) is 19.5 Å². The van der Waals surface area contributed by atoms with Crippen LogP contribution in [0.15, 0.2) is 48.5 Å². The number of nitrogens with zero attached hydrogens (tertiary/aromatic N) is 3. The molecule has 1 unspecified atom stereocenters. The fraction of sp³-hybridized carbons (Fsp3) is 0.391. The fourth-order valence-corrected chi connectivity index (χ4v) is 3.83. The Morgan fingerprint density at radius 2 is 1.71 bits per heavy atom. The molecule has 0 saturated carbocycles. The average Bonchev–Trinajstić information content (AvgIpc) is 2.77. The Morgan fingerprint density at radius 1 is 1.03 bits per heavy atom. The second-order valence-electron chi connectivity index (χ2n) is 7.82. The summed E-state index contributed by atoms with van der Waals surface area (Å²) < 4.78 is 0. The number of nitrogens with one attached hydrogen (secondary N) is 1. The number of likely N-dealkylation sites (N-methyl/N-ethyl adjacent to an activating group) is 1. The van der Waals surface area contributed by atoms with Crippen LogP contribution >= 0.6 is 23.2 Å². The standard InChI is InChI=1S/C23H28Cl2N4O2/c1-17(23(31)26-20-10-6-9-19(24)22(20)25)27(2)16-21(30)29-13-11-28(12-14-29)15-18-7-4-3-5-8-18/h3-10,17H,11-16H2,1-2H3,(H,26,31). The van der Waals surface area contributed by atoms with Crippen molar-refractivity contribution < 1.29 is 9.59 Å². The van der Waals surface area contributed by atoms with E-state index < -0.39 is 6.04 Å². The topological polar surface area (TPSA) is 55.9 Å². The van der Waals surface area contributed by atoms with Crippen LogP contribution in [-0.2, 0) is 16.1 Å². The second kappa shape index (κ2) is 11.0. The van der Waals surface area contributed by atoms with E-state index in [0.29, 0.717) is 28.8 Å². The number of piperazine rings is 1. The molecular weight excluding hydrogens is 435 g/mol. The predicted molar refractivity (Wildman–Crippen MR) is 125 cm³/mol. The molecule has 1 aliphatic rings. The first-order valence-electron chi connectivity index (χ1n) is 10.3. The van der Waals surface area contributed by atoms with Gasteiger partial charge in [0.25, 0.3) is 0 Å². The van der Waals surface area contributed by atoms with Crippen LogP contribution in [0.25, 0.3) is 0 Å². The zero-order chi connectivity index (χ0) is 22.4. The number of hydrogen-bond donors (Lipinski definition) is 1. The maximum atomic E-state index is 12.8. The lowest BCUT2D eigenvalue weighted by molar-refractivity contribution is -0.135. The van der Waals surface area contributed by atoms with Crippen molar-refractivity contribution in [2.24, 2.45) is 0 Å². The highest BCUT2D eigenvalue weighted by atomic mass is 35.5. The van der Waals surface area contributed by atoms with E-state index in [1.165, 1.54) is 5.56 Å². The van der Waals surface area contributed by atoms with E-state index >= 15 is 0 Å². The Balaban J connectivity index is 1.46. The van der Waals surface area contributed by atoms with Gasteiger partial charge in [-0.2, -0.15) is 0 Å². The Bertz CT molecular complexity index is 902. The van der Waals surface area contributed by atoms with Crippen molar-refractivity contribution >= 4 is 40.7 Å². The summed E-state index contributed by atoms with van der Waals surface area (Å²) in [6, 6.07) is 14.9. The van der Waals surface area contributed by atoms with Crippen molar-refractivity contribution in [1.29, 1.82) is 0 Å². The summed E-state index contributed by atoms with van der Waals surface area (Å²) in [5.74, 6) is -0.213. The van der Waals surface area contributed by atoms with Gasteiger partial charge in [-0.05, 0) is 31.7 Å². The van der Waals surface area contributed by atoms with Crippen molar-refractivity contribution in [3.05, 3.63) is 64.1 Å². The molecule has 0 bridgehead atoms. The molecule has 0 spiro atoms. The molecule has 0 radical (unpaired) electrons. The monoisotopic (exact) mass is 462 g/mol. The largest absolute Gasteiger partial charge is 0.339 e. The van der Waals surface area contributed by atoms with E-state index in [1.807, 2.05) is 23.1 Å². The molecule has 3 rings (SSSR count). The molecule has 1 N–H and O–H groups in total. The lowest BCUT2D eigenvalue weighted by Gasteiger charge is -2.36. The summed E-state index contributed by atoms with van der Waals surface area (Å²) in [5, 5.41) is 3.46. The highest BCUT2D eigenvalue weighted by Crippen LogP contribution is 2.29. The van der Waals surface area contributed by atoms with Gasteiger partial charge >= 0.3 is 0 Å². The van der Waals surface area contributed by atoms with Gasteiger partial charge in [0.1, 0.15) is 0 Å². The molecule has 1 aliphatic heterocycles. The first-order valence-corrected chi connectivity index (χ1v) is 11.1. The summed E-state index contributed by atoms with van der Waals surface area (Å²) in [6.07, 6.45) is 0. The van der Waals surface area contributed by atoms with Crippen molar-refractivity contribution in [1.82, 2.24) is 14.7 Å². The van der Waals surface area contributed by atoms with Crippen LogP contribution in [0.3, 0.4) is 0 Å². The van der Waals surface area contributed by atoms with E-state index in [4.69, 9.17) is 23.2 Å². The minimum absolute atomic E-state index is 0.0299. The number of anilines is 1. The summed E-state index contributed by atoms with van der Waals surface area (Å²) >= 11 is 12.1. The molecule has 0 aliphatic carbocycles.